The van der Waals surface area contributed by atoms with Gasteiger partial charge >= 0.3 is 5.97 Å². The Morgan fingerprint density at radius 2 is 2.12 bits per heavy atom. The third-order valence-corrected chi connectivity index (χ3v) is 3.89. The highest BCUT2D eigenvalue weighted by Crippen LogP contribution is 2.20. The number of nitrogens with zero attached hydrogens (tertiary/aromatic N) is 3. The highest BCUT2D eigenvalue weighted by atomic mass is 19.1. The van der Waals surface area contributed by atoms with Gasteiger partial charge in [-0.1, -0.05) is 35.5 Å². The van der Waals surface area contributed by atoms with Gasteiger partial charge in [-0.3, -0.25) is 5.10 Å². The standard InChI is InChI=1S/C18H13FN4O3/c1-10-6-7-11(8-13(10)19)17-20-15(26-23-17)9-25-18(24)16-12-4-2-3-5-14(12)21-22-16/h2-8H,9H2,1H3,(H,21,22). The van der Waals surface area contributed by atoms with Gasteiger partial charge in [-0.25, -0.2) is 9.18 Å². The van der Waals surface area contributed by atoms with Crippen LogP contribution >= 0.6 is 0 Å². The summed E-state index contributed by atoms with van der Waals surface area (Å²) in [5.74, 6) is -0.636. The fourth-order valence-corrected chi connectivity index (χ4v) is 2.48. The molecule has 0 spiro atoms. The summed E-state index contributed by atoms with van der Waals surface area (Å²) in [6.45, 7) is 1.46. The van der Waals surface area contributed by atoms with E-state index in [2.05, 4.69) is 20.3 Å². The van der Waals surface area contributed by atoms with E-state index in [1.165, 1.54) is 6.07 Å². The molecule has 2 aromatic carbocycles. The lowest BCUT2D eigenvalue weighted by molar-refractivity contribution is 0.0425. The molecule has 2 aromatic heterocycles. The third-order valence-electron chi connectivity index (χ3n) is 3.89. The van der Waals surface area contributed by atoms with Crippen LogP contribution in [-0.2, 0) is 11.3 Å². The van der Waals surface area contributed by atoms with Crippen molar-refractivity contribution < 1.29 is 18.4 Å². The number of aromatic nitrogens is 4. The predicted molar refractivity (Wildman–Crippen MR) is 89.6 cm³/mol. The average Bonchev–Trinajstić information content (AvgIpc) is 3.29. The number of rotatable bonds is 4. The van der Waals surface area contributed by atoms with Crippen LogP contribution < -0.4 is 0 Å². The molecular weight excluding hydrogens is 339 g/mol. The van der Waals surface area contributed by atoms with E-state index in [1.807, 2.05) is 12.1 Å². The largest absolute Gasteiger partial charge is 0.451 e. The van der Waals surface area contributed by atoms with E-state index in [1.54, 1.807) is 31.2 Å². The number of para-hydroxylation sites is 1. The van der Waals surface area contributed by atoms with Crippen LogP contribution in [0.2, 0.25) is 0 Å². The van der Waals surface area contributed by atoms with Gasteiger partial charge in [0, 0.05) is 10.9 Å². The van der Waals surface area contributed by atoms with Gasteiger partial charge in [-0.05, 0) is 24.6 Å². The fraction of sp³-hybridized carbons (Fsp3) is 0.111. The first kappa shape index (κ1) is 15.9. The Morgan fingerprint density at radius 3 is 2.96 bits per heavy atom. The summed E-state index contributed by atoms with van der Waals surface area (Å²) in [7, 11) is 0. The quantitative estimate of drug-likeness (QED) is 0.566. The van der Waals surface area contributed by atoms with Gasteiger partial charge in [-0.15, -0.1) is 0 Å². The number of halogens is 1. The minimum Gasteiger partial charge on any atom is -0.451 e. The average molecular weight is 352 g/mol. The van der Waals surface area contributed by atoms with Crippen molar-refractivity contribution in [1.82, 2.24) is 20.3 Å². The van der Waals surface area contributed by atoms with Crippen molar-refractivity contribution in [3.8, 4) is 11.4 Å². The maximum Gasteiger partial charge on any atom is 0.359 e. The SMILES string of the molecule is Cc1ccc(-c2noc(COC(=O)c3n[nH]c4ccccc34)n2)cc1F. The Bertz CT molecular complexity index is 1100. The summed E-state index contributed by atoms with van der Waals surface area (Å²) in [4.78, 5) is 16.3. The van der Waals surface area contributed by atoms with Crippen molar-refractivity contribution in [2.24, 2.45) is 0 Å². The zero-order valence-electron chi connectivity index (χ0n) is 13.7. The van der Waals surface area contributed by atoms with Crippen LogP contribution in [0.5, 0.6) is 0 Å². The van der Waals surface area contributed by atoms with Crippen LogP contribution in [0.25, 0.3) is 22.3 Å². The predicted octanol–water partition coefficient (Wildman–Crippen LogP) is 3.42. The van der Waals surface area contributed by atoms with Gasteiger partial charge in [0.2, 0.25) is 5.82 Å². The number of carbonyl (C=O) groups is 1. The number of benzene rings is 2. The summed E-state index contributed by atoms with van der Waals surface area (Å²) in [5, 5.41) is 11.2. The van der Waals surface area contributed by atoms with E-state index in [0.29, 0.717) is 16.5 Å². The third kappa shape index (κ3) is 2.92. The van der Waals surface area contributed by atoms with Crippen molar-refractivity contribution in [2.75, 3.05) is 0 Å². The molecule has 0 aliphatic carbocycles. The molecule has 0 saturated carbocycles. The molecule has 0 saturated heterocycles. The first-order valence-corrected chi connectivity index (χ1v) is 7.81. The van der Waals surface area contributed by atoms with Crippen LogP contribution in [0.3, 0.4) is 0 Å². The Labute approximate surface area is 146 Å². The summed E-state index contributed by atoms with van der Waals surface area (Å²) >= 11 is 0. The molecule has 7 nitrogen and oxygen atoms in total. The molecule has 1 N–H and O–H groups in total. The molecule has 0 radical (unpaired) electrons. The number of ether oxygens (including phenoxy) is 1. The number of esters is 1. The molecular formula is C18H13FN4O3. The van der Waals surface area contributed by atoms with E-state index < -0.39 is 5.97 Å². The van der Waals surface area contributed by atoms with Crippen LogP contribution in [0, 0.1) is 12.7 Å². The Morgan fingerprint density at radius 1 is 1.27 bits per heavy atom. The first-order chi connectivity index (χ1) is 12.6. The zero-order valence-corrected chi connectivity index (χ0v) is 13.7. The molecule has 2 heterocycles. The topological polar surface area (TPSA) is 93.9 Å². The molecule has 130 valence electrons. The smallest absolute Gasteiger partial charge is 0.359 e. The van der Waals surface area contributed by atoms with Crippen molar-refractivity contribution in [3.63, 3.8) is 0 Å². The molecule has 4 rings (SSSR count). The summed E-state index contributed by atoms with van der Waals surface area (Å²) in [6, 6.07) is 11.9. The number of fused-ring (bicyclic) bond motifs is 1. The van der Waals surface area contributed by atoms with Crippen molar-refractivity contribution in [1.29, 1.82) is 0 Å². The number of hydrogen-bond acceptors (Lipinski definition) is 6. The lowest BCUT2D eigenvalue weighted by Gasteiger charge is -1.99. The minimum absolute atomic E-state index is 0.106. The van der Waals surface area contributed by atoms with Crippen LogP contribution in [0.1, 0.15) is 21.9 Å². The van der Waals surface area contributed by atoms with E-state index in [0.717, 1.165) is 5.52 Å². The van der Waals surface area contributed by atoms with Crippen molar-refractivity contribution >= 4 is 16.9 Å². The highest BCUT2D eigenvalue weighted by Gasteiger charge is 2.17. The summed E-state index contributed by atoms with van der Waals surface area (Å²) in [6.07, 6.45) is 0. The molecule has 0 aliphatic rings. The summed E-state index contributed by atoms with van der Waals surface area (Å²) in [5.41, 5.74) is 1.92. The second kappa shape index (κ2) is 6.40. The van der Waals surface area contributed by atoms with Gasteiger partial charge in [-0.2, -0.15) is 10.1 Å². The van der Waals surface area contributed by atoms with Crippen LogP contribution in [0.15, 0.2) is 47.0 Å². The summed E-state index contributed by atoms with van der Waals surface area (Å²) < 4.78 is 23.9. The zero-order chi connectivity index (χ0) is 18.1. The van der Waals surface area contributed by atoms with Gasteiger partial charge in [0.25, 0.3) is 5.89 Å². The second-order valence-electron chi connectivity index (χ2n) is 5.67. The monoisotopic (exact) mass is 352 g/mol. The van der Waals surface area contributed by atoms with Gasteiger partial charge in [0.1, 0.15) is 5.82 Å². The van der Waals surface area contributed by atoms with E-state index in [-0.39, 0.29) is 29.8 Å². The number of H-pyrrole nitrogens is 1. The number of aryl methyl sites for hydroxylation is 1. The molecule has 4 aromatic rings. The first-order valence-electron chi connectivity index (χ1n) is 7.81. The molecule has 0 amide bonds. The van der Waals surface area contributed by atoms with Gasteiger partial charge in [0.15, 0.2) is 12.3 Å². The molecule has 0 unspecified atom stereocenters. The van der Waals surface area contributed by atoms with E-state index in [9.17, 15) is 9.18 Å². The molecule has 0 atom stereocenters. The van der Waals surface area contributed by atoms with Crippen molar-refractivity contribution in [3.05, 3.63) is 65.4 Å². The number of hydrogen-bond donors (Lipinski definition) is 1. The number of aromatic amines is 1. The number of carbonyl (C=O) groups excluding carboxylic acids is 1. The molecule has 8 heteroatoms. The Hall–Kier alpha value is -3.55. The molecule has 26 heavy (non-hydrogen) atoms. The van der Waals surface area contributed by atoms with Gasteiger partial charge in [0.05, 0.1) is 5.52 Å². The number of nitrogens with one attached hydrogen (secondary N) is 1. The fourth-order valence-electron chi connectivity index (χ4n) is 2.48. The highest BCUT2D eigenvalue weighted by molar-refractivity contribution is 6.01. The van der Waals surface area contributed by atoms with E-state index in [4.69, 9.17) is 9.26 Å². The normalized spacial score (nSPS) is 11.0. The Kier molecular flexibility index (Phi) is 3.92. The molecule has 0 bridgehead atoms. The van der Waals surface area contributed by atoms with Gasteiger partial charge < -0.3 is 9.26 Å². The van der Waals surface area contributed by atoms with Crippen molar-refractivity contribution in [2.45, 2.75) is 13.5 Å². The maximum absolute atomic E-state index is 13.6. The minimum atomic E-state index is -0.608. The van der Waals surface area contributed by atoms with Crippen LogP contribution in [0.4, 0.5) is 4.39 Å². The Balaban J connectivity index is 1.47. The molecule has 0 aliphatic heterocycles. The second-order valence-corrected chi connectivity index (χ2v) is 5.67. The lowest BCUT2D eigenvalue weighted by Crippen LogP contribution is -2.06. The van der Waals surface area contributed by atoms with E-state index >= 15 is 0 Å². The molecule has 0 fully saturated rings. The van der Waals surface area contributed by atoms with Crippen LogP contribution in [-0.4, -0.2) is 26.3 Å². The maximum atomic E-state index is 13.6. The lowest BCUT2D eigenvalue weighted by atomic mass is 10.1.